The number of anilines is 1. The molecule has 2 aromatic carbocycles. The molecule has 1 unspecified atom stereocenters. The van der Waals surface area contributed by atoms with E-state index in [1.165, 1.54) is 0 Å². The molecule has 0 radical (unpaired) electrons. The van der Waals surface area contributed by atoms with Gasteiger partial charge in [0.2, 0.25) is 0 Å². The highest BCUT2D eigenvalue weighted by molar-refractivity contribution is 6.31. The van der Waals surface area contributed by atoms with E-state index in [4.69, 9.17) is 16.3 Å². The Hall–Kier alpha value is -2.53. The van der Waals surface area contributed by atoms with Crippen LogP contribution >= 0.6 is 11.6 Å². The number of benzene rings is 2. The van der Waals surface area contributed by atoms with Gasteiger partial charge in [0.25, 0.3) is 0 Å². The smallest absolute Gasteiger partial charge is 0.168 e. The molecule has 1 aromatic heterocycles. The lowest BCUT2D eigenvalue weighted by Crippen LogP contribution is -2.09. The van der Waals surface area contributed by atoms with Crippen molar-refractivity contribution >= 4 is 17.3 Å². The van der Waals surface area contributed by atoms with Crippen LogP contribution in [-0.2, 0) is 0 Å². The normalized spacial score (nSPS) is 15.7. The van der Waals surface area contributed by atoms with Crippen molar-refractivity contribution in [2.45, 2.75) is 19.8 Å². The van der Waals surface area contributed by atoms with Gasteiger partial charge in [-0.3, -0.25) is 4.57 Å². The average molecular weight is 355 g/mol. The summed E-state index contributed by atoms with van der Waals surface area (Å²) in [4.78, 5) is 0. The van der Waals surface area contributed by atoms with Gasteiger partial charge in [0.05, 0.1) is 18.0 Å². The van der Waals surface area contributed by atoms with Crippen molar-refractivity contribution in [2.24, 2.45) is 0 Å². The molecule has 0 spiro atoms. The Bertz CT molecular complexity index is 922. The Morgan fingerprint density at radius 3 is 2.96 bits per heavy atom. The molecular formula is C19H19ClN4O. The van der Waals surface area contributed by atoms with Crippen molar-refractivity contribution in [2.75, 3.05) is 18.5 Å². The van der Waals surface area contributed by atoms with Crippen molar-refractivity contribution in [3.05, 3.63) is 53.3 Å². The Kier molecular flexibility index (Phi) is 4.09. The Morgan fingerprint density at radius 2 is 2.12 bits per heavy atom. The van der Waals surface area contributed by atoms with Crippen LogP contribution in [0.1, 0.15) is 25.6 Å². The lowest BCUT2D eigenvalue weighted by atomic mass is 10.1. The van der Waals surface area contributed by atoms with Gasteiger partial charge in [0, 0.05) is 23.0 Å². The van der Waals surface area contributed by atoms with E-state index in [1.54, 1.807) is 0 Å². The zero-order chi connectivity index (χ0) is 17.4. The molecule has 6 heteroatoms. The zero-order valence-corrected chi connectivity index (χ0v) is 14.9. The fraction of sp³-hybridized carbons (Fsp3) is 0.263. The van der Waals surface area contributed by atoms with Crippen LogP contribution in [0.5, 0.6) is 5.75 Å². The molecule has 0 saturated carbocycles. The molecule has 1 N–H and O–H groups in total. The van der Waals surface area contributed by atoms with E-state index < -0.39 is 0 Å². The van der Waals surface area contributed by atoms with Gasteiger partial charge in [0.15, 0.2) is 5.82 Å². The fourth-order valence-electron chi connectivity index (χ4n) is 3.13. The Morgan fingerprint density at radius 1 is 1.24 bits per heavy atom. The summed E-state index contributed by atoms with van der Waals surface area (Å²) in [5.74, 6) is 2.79. The molecule has 0 amide bonds. The summed E-state index contributed by atoms with van der Waals surface area (Å²) < 4.78 is 7.74. The van der Waals surface area contributed by atoms with Crippen LogP contribution < -0.4 is 10.1 Å². The van der Waals surface area contributed by atoms with Crippen molar-refractivity contribution in [1.29, 1.82) is 0 Å². The van der Waals surface area contributed by atoms with Crippen LogP contribution in [0.4, 0.5) is 5.69 Å². The zero-order valence-electron chi connectivity index (χ0n) is 14.2. The summed E-state index contributed by atoms with van der Waals surface area (Å²) in [6.45, 7) is 5.53. The Labute approximate surface area is 151 Å². The molecule has 25 heavy (non-hydrogen) atoms. The summed E-state index contributed by atoms with van der Waals surface area (Å²) in [5.41, 5.74) is 2.96. The second-order valence-corrected chi connectivity index (χ2v) is 6.56. The molecule has 4 rings (SSSR count). The first-order chi connectivity index (χ1) is 12.2. The first-order valence-corrected chi connectivity index (χ1v) is 8.77. The van der Waals surface area contributed by atoms with E-state index in [2.05, 4.69) is 27.0 Å². The molecule has 3 aromatic rings. The minimum absolute atomic E-state index is 0.225. The number of hydrogen-bond donors (Lipinski definition) is 1. The number of ether oxygens (including phenoxy) is 1. The number of halogens is 1. The van der Waals surface area contributed by atoms with Crippen LogP contribution in [0.2, 0.25) is 5.02 Å². The minimum Gasteiger partial charge on any atom is -0.494 e. The minimum atomic E-state index is 0.225. The van der Waals surface area contributed by atoms with Crippen LogP contribution in [0.15, 0.2) is 42.5 Å². The fourth-order valence-corrected chi connectivity index (χ4v) is 3.30. The maximum atomic E-state index is 6.18. The largest absolute Gasteiger partial charge is 0.494 e. The molecule has 1 aliphatic rings. The highest BCUT2D eigenvalue weighted by atomic mass is 35.5. The second kappa shape index (κ2) is 6.41. The van der Waals surface area contributed by atoms with E-state index in [0.29, 0.717) is 11.6 Å². The van der Waals surface area contributed by atoms with Gasteiger partial charge >= 0.3 is 0 Å². The number of nitrogens with one attached hydrogen (secondary N) is 1. The third-order valence-corrected chi connectivity index (χ3v) is 4.57. The van der Waals surface area contributed by atoms with Gasteiger partial charge in [-0.05, 0) is 37.3 Å². The summed E-state index contributed by atoms with van der Waals surface area (Å²) in [6.07, 6.45) is 0. The summed E-state index contributed by atoms with van der Waals surface area (Å²) >= 11 is 6.18. The summed E-state index contributed by atoms with van der Waals surface area (Å²) in [5, 5.41) is 13.1. The lowest BCUT2D eigenvalue weighted by molar-refractivity contribution is 0.340. The number of hydrogen-bond acceptors (Lipinski definition) is 4. The highest BCUT2D eigenvalue weighted by Gasteiger charge is 2.25. The highest BCUT2D eigenvalue weighted by Crippen LogP contribution is 2.35. The second-order valence-electron chi connectivity index (χ2n) is 6.12. The third kappa shape index (κ3) is 2.85. The first kappa shape index (κ1) is 16.0. The average Bonchev–Trinajstić information content (AvgIpc) is 3.00. The molecule has 1 atom stereocenters. The quantitative estimate of drug-likeness (QED) is 0.751. The number of aromatic nitrogens is 3. The predicted molar refractivity (Wildman–Crippen MR) is 99.9 cm³/mol. The van der Waals surface area contributed by atoms with E-state index in [1.807, 2.05) is 49.4 Å². The van der Waals surface area contributed by atoms with Crippen LogP contribution in [0, 0.1) is 0 Å². The molecule has 0 aliphatic carbocycles. The van der Waals surface area contributed by atoms with Gasteiger partial charge in [-0.2, -0.15) is 0 Å². The first-order valence-electron chi connectivity index (χ1n) is 8.39. The summed E-state index contributed by atoms with van der Waals surface area (Å²) in [7, 11) is 0. The van der Waals surface area contributed by atoms with Gasteiger partial charge in [-0.1, -0.05) is 30.7 Å². The van der Waals surface area contributed by atoms with Crippen molar-refractivity contribution in [3.63, 3.8) is 0 Å². The molecule has 128 valence electrons. The maximum Gasteiger partial charge on any atom is 0.168 e. The standard InChI is InChI=1S/C19H19ClN4O/c1-3-25-15-6-4-5-13(9-15)19-23-22-18-12(2)11-21-16-10-14(20)7-8-17(16)24(18)19/h4-10,12,21H,3,11H2,1-2H3. The van der Waals surface area contributed by atoms with E-state index >= 15 is 0 Å². The molecule has 0 bridgehead atoms. The molecular weight excluding hydrogens is 336 g/mol. The monoisotopic (exact) mass is 354 g/mol. The van der Waals surface area contributed by atoms with Crippen LogP contribution in [0.3, 0.4) is 0 Å². The van der Waals surface area contributed by atoms with Crippen molar-refractivity contribution < 1.29 is 4.74 Å². The van der Waals surface area contributed by atoms with Gasteiger partial charge < -0.3 is 10.1 Å². The predicted octanol–water partition coefficient (Wildman–Crippen LogP) is 4.52. The van der Waals surface area contributed by atoms with Crippen molar-refractivity contribution in [3.8, 4) is 22.8 Å². The van der Waals surface area contributed by atoms with Gasteiger partial charge in [-0.15, -0.1) is 10.2 Å². The lowest BCUT2D eigenvalue weighted by Gasteiger charge is -2.13. The molecule has 0 saturated heterocycles. The number of nitrogens with zero attached hydrogens (tertiary/aromatic N) is 3. The van der Waals surface area contributed by atoms with E-state index in [9.17, 15) is 0 Å². The molecule has 2 heterocycles. The topological polar surface area (TPSA) is 52.0 Å². The third-order valence-electron chi connectivity index (χ3n) is 4.33. The van der Waals surface area contributed by atoms with Crippen LogP contribution in [0.25, 0.3) is 17.1 Å². The van der Waals surface area contributed by atoms with Crippen molar-refractivity contribution in [1.82, 2.24) is 14.8 Å². The number of rotatable bonds is 3. The maximum absolute atomic E-state index is 6.18. The molecule has 1 aliphatic heterocycles. The van der Waals surface area contributed by atoms with E-state index in [0.717, 1.165) is 40.9 Å². The molecule has 0 fully saturated rings. The SMILES string of the molecule is CCOc1cccc(-c2nnc3n2-c2ccc(Cl)cc2NCC3C)c1. The molecule has 5 nitrogen and oxygen atoms in total. The Balaban J connectivity index is 1.91. The van der Waals surface area contributed by atoms with Gasteiger partial charge in [0.1, 0.15) is 11.6 Å². The summed E-state index contributed by atoms with van der Waals surface area (Å²) in [6, 6.07) is 13.8. The van der Waals surface area contributed by atoms with Gasteiger partial charge in [-0.25, -0.2) is 0 Å². The van der Waals surface area contributed by atoms with Crippen LogP contribution in [-0.4, -0.2) is 27.9 Å². The van der Waals surface area contributed by atoms with E-state index in [-0.39, 0.29) is 5.92 Å². The number of fused-ring (bicyclic) bond motifs is 3.